The lowest BCUT2D eigenvalue weighted by atomic mass is 9.88. The molecule has 3 nitrogen and oxygen atoms in total. The van der Waals surface area contributed by atoms with Gasteiger partial charge in [0.15, 0.2) is 0 Å². The lowest BCUT2D eigenvalue weighted by Crippen LogP contribution is -2.34. The van der Waals surface area contributed by atoms with Crippen LogP contribution in [-0.4, -0.2) is 30.9 Å². The van der Waals surface area contributed by atoms with Gasteiger partial charge in [0.05, 0.1) is 5.92 Å². The molecule has 0 bridgehead atoms. The second-order valence-corrected chi connectivity index (χ2v) is 6.19. The van der Waals surface area contributed by atoms with Crippen molar-refractivity contribution in [2.75, 3.05) is 20.1 Å². The van der Waals surface area contributed by atoms with Crippen LogP contribution < -0.4 is 5.32 Å². The number of benzene rings is 2. The summed E-state index contributed by atoms with van der Waals surface area (Å²) in [6.07, 6.45) is 0. The number of likely N-dealkylation sites (N-methyl/N-ethyl adjacent to an activating group) is 1. The van der Waals surface area contributed by atoms with Crippen LogP contribution in [0, 0.1) is 11.7 Å². The topological polar surface area (TPSA) is 32.3 Å². The molecule has 1 N–H and O–H groups in total. The van der Waals surface area contributed by atoms with Crippen LogP contribution in [0.15, 0.2) is 54.6 Å². The van der Waals surface area contributed by atoms with E-state index in [1.807, 2.05) is 25.2 Å². The second kappa shape index (κ2) is 6.92. The Balaban J connectivity index is 1.66. The molecule has 0 spiro atoms. The molecule has 120 valence electrons. The number of halogens is 1. The molecule has 0 saturated carbocycles. The normalized spacial score (nSPS) is 21.3. The first kappa shape index (κ1) is 15.7. The minimum Gasteiger partial charge on any atom is -0.352 e. The van der Waals surface area contributed by atoms with Gasteiger partial charge in [-0.05, 0) is 30.3 Å². The molecule has 2 aromatic rings. The predicted octanol–water partition coefficient (Wildman–Crippen LogP) is 2.79. The number of carbonyl (C=O) groups excluding carboxylic acids is 1. The summed E-state index contributed by atoms with van der Waals surface area (Å²) in [6, 6.07) is 16.4. The van der Waals surface area contributed by atoms with Crippen molar-refractivity contribution in [1.29, 1.82) is 0 Å². The summed E-state index contributed by atoms with van der Waals surface area (Å²) >= 11 is 0. The van der Waals surface area contributed by atoms with E-state index in [1.54, 1.807) is 12.1 Å². The van der Waals surface area contributed by atoms with Crippen molar-refractivity contribution in [3.8, 4) is 0 Å². The number of hydrogen-bond donors (Lipinski definition) is 1. The zero-order chi connectivity index (χ0) is 16.2. The van der Waals surface area contributed by atoms with Crippen LogP contribution in [0.4, 0.5) is 4.39 Å². The molecule has 23 heavy (non-hydrogen) atoms. The van der Waals surface area contributed by atoms with Gasteiger partial charge in [-0.3, -0.25) is 4.79 Å². The Labute approximate surface area is 136 Å². The molecule has 1 saturated heterocycles. The molecule has 0 unspecified atom stereocenters. The Morgan fingerprint density at radius 2 is 1.83 bits per heavy atom. The lowest BCUT2D eigenvalue weighted by Gasteiger charge is -2.18. The molecular weight excluding hydrogens is 291 g/mol. The number of carbonyl (C=O) groups is 1. The standard InChI is InChI=1S/C19H21FN2O/c1-22-12-17(15-5-3-2-4-6-15)18(13-22)19(23)21-11-14-7-9-16(20)10-8-14/h2-10,17-18H,11-13H2,1H3,(H,21,23)/t17-,18-/m0/s1. The van der Waals surface area contributed by atoms with Crippen molar-refractivity contribution in [3.63, 3.8) is 0 Å². The highest BCUT2D eigenvalue weighted by molar-refractivity contribution is 5.80. The third kappa shape index (κ3) is 3.77. The highest BCUT2D eigenvalue weighted by atomic mass is 19.1. The third-order valence-electron chi connectivity index (χ3n) is 4.45. The van der Waals surface area contributed by atoms with E-state index in [0.717, 1.165) is 18.7 Å². The molecule has 4 heteroatoms. The van der Waals surface area contributed by atoms with Crippen molar-refractivity contribution >= 4 is 5.91 Å². The van der Waals surface area contributed by atoms with Crippen LogP contribution >= 0.6 is 0 Å². The van der Waals surface area contributed by atoms with Gasteiger partial charge in [0.1, 0.15) is 5.82 Å². The average Bonchev–Trinajstić information content (AvgIpc) is 2.97. The molecule has 0 aromatic heterocycles. The van der Waals surface area contributed by atoms with Crippen LogP contribution in [0.5, 0.6) is 0 Å². The minimum absolute atomic E-state index is 0.0529. The van der Waals surface area contributed by atoms with E-state index < -0.39 is 0 Å². The summed E-state index contributed by atoms with van der Waals surface area (Å²) in [7, 11) is 2.04. The molecule has 3 rings (SSSR count). The molecule has 1 amide bonds. The van der Waals surface area contributed by atoms with Crippen molar-refractivity contribution in [2.45, 2.75) is 12.5 Å². The van der Waals surface area contributed by atoms with Crippen LogP contribution in [-0.2, 0) is 11.3 Å². The van der Waals surface area contributed by atoms with E-state index >= 15 is 0 Å². The van der Waals surface area contributed by atoms with E-state index in [2.05, 4.69) is 22.3 Å². The van der Waals surface area contributed by atoms with Crippen LogP contribution in [0.1, 0.15) is 17.0 Å². The Hall–Kier alpha value is -2.20. The maximum Gasteiger partial charge on any atom is 0.225 e. The highest BCUT2D eigenvalue weighted by Gasteiger charge is 2.36. The fraction of sp³-hybridized carbons (Fsp3) is 0.316. The van der Waals surface area contributed by atoms with Gasteiger partial charge >= 0.3 is 0 Å². The van der Waals surface area contributed by atoms with Gasteiger partial charge in [0.2, 0.25) is 5.91 Å². The Morgan fingerprint density at radius 1 is 1.13 bits per heavy atom. The monoisotopic (exact) mass is 312 g/mol. The largest absolute Gasteiger partial charge is 0.352 e. The quantitative estimate of drug-likeness (QED) is 0.941. The summed E-state index contributed by atoms with van der Waals surface area (Å²) in [6.45, 7) is 2.08. The van der Waals surface area contributed by atoms with E-state index in [1.165, 1.54) is 17.7 Å². The summed E-state index contributed by atoms with van der Waals surface area (Å²) in [4.78, 5) is 14.8. The SMILES string of the molecule is CN1C[C@H](C(=O)NCc2ccc(F)cc2)[C@H](c2ccccc2)C1. The van der Waals surface area contributed by atoms with E-state index in [-0.39, 0.29) is 23.6 Å². The molecule has 1 heterocycles. The molecule has 1 aliphatic rings. The molecule has 0 radical (unpaired) electrons. The number of nitrogens with one attached hydrogen (secondary N) is 1. The number of rotatable bonds is 4. The number of nitrogens with zero attached hydrogens (tertiary/aromatic N) is 1. The summed E-state index contributed by atoms with van der Waals surface area (Å²) in [5, 5.41) is 2.99. The molecule has 1 fully saturated rings. The van der Waals surface area contributed by atoms with Gasteiger partial charge in [0.25, 0.3) is 0 Å². The van der Waals surface area contributed by atoms with Crippen LogP contribution in [0.2, 0.25) is 0 Å². The van der Waals surface area contributed by atoms with Gasteiger partial charge in [-0.1, -0.05) is 42.5 Å². The summed E-state index contributed by atoms with van der Waals surface area (Å²) in [5.74, 6) is -0.0357. The zero-order valence-electron chi connectivity index (χ0n) is 13.2. The molecule has 1 aliphatic heterocycles. The van der Waals surface area contributed by atoms with Gasteiger partial charge in [0, 0.05) is 25.6 Å². The Bertz CT molecular complexity index is 657. The molecule has 0 aliphatic carbocycles. The number of likely N-dealkylation sites (tertiary alicyclic amines) is 1. The van der Waals surface area contributed by atoms with Gasteiger partial charge in [-0.2, -0.15) is 0 Å². The van der Waals surface area contributed by atoms with Gasteiger partial charge in [-0.25, -0.2) is 4.39 Å². The van der Waals surface area contributed by atoms with Crippen molar-refractivity contribution < 1.29 is 9.18 Å². The third-order valence-corrected chi connectivity index (χ3v) is 4.45. The summed E-state index contributed by atoms with van der Waals surface area (Å²) < 4.78 is 12.9. The maximum atomic E-state index is 12.9. The van der Waals surface area contributed by atoms with Crippen molar-refractivity contribution in [2.24, 2.45) is 5.92 Å². The van der Waals surface area contributed by atoms with E-state index in [0.29, 0.717) is 6.54 Å². The lowest BCUT2D eigenvalue weighted by molar-refractivity contribution is -0.125. The van der Waals surface area contributed by atoms with Gasteiger partial charge < -0.3 is 10.2 Å². The number of amides is 1. The fourth-order valence-corrected chi connectivity index (χ4v) is 3.23. The fourth-order valence-electron chi connectivity index (χ4n) is 3.23. The smallest absolute Gasteiger partial charge is 0.225 e. The van der Waals surface area contributed by atoms with Crippen LogP contribution in [0.25, 0.3) is 0 Å². The molecule has 2 atom stereocenters. The Morgan fingerprint density at radius 3 is 2.52 bits per heavy atom. The average molecular weight is 312 g/mol. The highest BCUT2D eigenvalue weighted by Crippen LogP contribution is 2.32. The zero-order valence-corrected chi connectivity index (χ0v) is 13.2. The predicted molar refractivity (Wildman–Crippen MR) is 88.4 cm³/mol. The minimum atomic E-state index is -0.262. The molecular formula is C19H21FN2O. The second-order valence-electron chi connectivity index (χ2n) is 6.19. The van der Waals surface area contributed by atoms with Crippen molar-refractivity contribution in [3.05, 3.63) is 71.5 Å². The van der Waals surface area contributed by atoms with E-state index in [9.17, 15) is 9.18 Å². The van der Waals surface area contributed by atoms with Gasteiger partial charge in [-0.15, -0.1) is 0 Å². The van der Waals surface area contributed by atoms with E-state index in [4.69, 9.17) is 0 Å². The van der Waals surface area contributed by atoms with Crippen LogP contribution in [0.3, 0.4) is 0 Å². The Kier molecular flexibility index (Phi) is 4.72. The first-order valence-corrected chi connectivity index (χ1v) is 7.89. The summed E-state index contributed by atoms with van der Waals surface area (Å²) in [5.41, 5.74) is 2.11. The molecule has 2 aromatic carbocycles. The first-order valence-electron chi connectivity index (χ1n) is 7.89. The maximum absolute atomic E-state index is 12.9. The van der Waals surface area contributed by atoms with Crippen molar-refractivity contribution in [1.82, 2.24) is 10.2 Å². The first-order chi connectivity index (χ1) is 11.1. The number of hydrogen-bond acceptors (Lipinski definition) is 2.